The lowest BCUT2D eigenvalue weighted by molar-refractivity contribution is -0.142. The van der Waals surface area contributed by atoms with E-state index in [0.717, 1.165) is 0 Å². The van der Waals surface area contributed by atoms with E-state index in [9.17, 15) is 9.59 Å². The first kappa shape index (κ1) is 14.2. The Kier molecular flexibility index (Phi) is 5.36. The first-order chi connectivity index (χ1) is 8.60. The van der Waals surface area contributed by atoms with Gasteiger partial charge in [-0.1, -0.05) is 25.2 Å². The van der Waals surface area contributed by atoms with Crippen molar-refractivity contribution < 1.29 is 19.1 Å². The van der Waals surface area contributed by atoms with Crippen LogP contribution in [-0.2, 0) is 19.1 Å². The number of carbonyl (C=O) groups excluding carboxylic acids is 2. The van der Waals surface area contributed by atoms with Crippen molar-refractivity contribution in [1.29, 1.82) is 0 Å². The molecule has 0 fully saturated rings. The fourth-order valence-corrected chi connectivity index (χ4v) is 1.60. The van der Waals surface area contributed by atoms with Crippen LogP contribution in [0.1, 0.15) is 20.8 Å². The zero-order valence-electron chi connectivity index (χ0n) is 10.9. The average molecular weight is 250 g/mol. The lowest BCUT2D eigenvalue weighted by Crippen LogP contribution is -2.17. The Bertz CT molecular complexity index is 416. The van der Waals surface area contributed by atoms with Crippen molar-refractivity contribution in [3.05, 3.63) is 35.5 Å². The maximum Gasteiger partial charge on any atom is 0.338 e. The van der Waals surface area contributed by atoms with Crippen LogP contribution in [0.5, 0.6) is 0 Å². The molecule has 0 saturated heterocycles. The van der Waals surface area contributed by atoms with Gasteiger partial charge in [0.05, 0.1) is 24.4 Å². The van der Waals surface area contributed by atoms with Gasteiger partial charge in [0, 0.05) is 0 Å². The van der Waals surface area contributed by atoms with Gasteiger partial charge in [0.15, 0.2) is 0 Å². The number of carbonyl (C=O) groups is 2. The van der Waals surface area contributed by atoms with Crippen LogP contribution in [0.2, 0.25) is 0 Å². The van der Waals surface area contributed by atoms with Gasteiger partial charge in [0.1, 0.15) is 0 Å². The quantitative estimate of drug-likeness (QED) is 0.717. The van der Waals surface area contributed by atoms with Crippen LogP contribution in [-0.4, -0.2) is 25.2 Å². The molecule has 0 saturated carbocycles. The summed E-state index contributed by atoms with van der Waals surface area (Å²) in [6.45, 7) is 5.92. The fraction of sp³-hybridized carbons (Fsp3) is 0.429. The van der Waals surface area contributed by atoms with Crippen molar-refractivity contribution in [3.63, 3.8) is 0 Å². The molecule has 4 nitrogen and oxygen atoms in total. The number of ether oxygens (including phenoxy) is 2. The highest BCUT2D eigenvalue weighted by Gasteiger charge is 2.24. The SMILES string of the molecule is CCOC(=O)C1=CC=CC(C)C=C1C(=O)OCC. The van der Waals surface area contributed by atoms with Gasteiger partial charge >= 0.3 is 11.9 Å². The van der Waals surface area contributed by atoms with Gasteiger partial charge in [0.25, 0.3) is 0 Å². The number of hydrogen-bond donors (Lipinski definition) is 0. The van der Waals surface area contributed by atoms with E-state index in [1.54, 1.807) is 32.1 Å². The first-order valence-corrected chi connectivity index (χ1v) is 6.05. The van der Waals surface area contributed by atoms with Gasteiger partial charge < -0.3 is 9.47 Å². The topological polar surface area (TPSA) is 52.6 Å². The van der Waals surface area contributed by atoms with Gasteiger partial charge in [0.2, 0.25) is 0 Å². The molecule has 98 valence electrons. The summed E-state index contributed by atoms with van der Waals surface area (Å²) in [6, 6.07) is 0. The first-order valence-electron chi connectivity index (χ1n) is 6.05. The summed E-state index contributed by atoms with van der Waals surface area (Å²) in [5.74, 6) is -0.935. The maximum atomic E-state index is 11.8. The number of rotatable bonds is 4. The summed E-state index contributed by atoms with van der Waals surface area (Å²) in [5, 5.41) is 0. The third-order valence-electron chi connectivity index (χ3n) is 2.39. The lowest BCUT2D eigenvalue weighted by Gasteiger charge is -2.10. The van der Waals surface area contributed by atoms with Crippen molar-refractivity contribution in [2.24, 2.45) is 5.92 Å². The molecule has 1 rings (SSSR count). The van der Waals surface area contributed by atoms with E-state index >= 15 is 0 Å². The number of hydrogen-bond acceptors (Lipinski definition) is 4. The molecule has 1 unspecified atom stereocenters. The minimum atomic E-state index is -0.504. The summed E-state index contributed by atoms with van der Waals surface area (Å²) in [6.07, 6.45) is 6.94. The van der Waals surface area contributed by atoms with Crippen LogP contribution in [0.4, 0.5) is 0 Å². The summed E-state index contributed by atoms with van der Waals surface area (Å²) in [7, 11) is 0. The molecule has 0 amide bonds. The average Bonchev–Trinajstić information content (AvgIpc) is 2.51. The van der Waals surface area contributed by atoms with Gasteiger partial charge in [-0.3, -0.25) is 0 Å². The molecule has 0 aliphatic heterocycles. The Morgan fingerprint density at radius 2 is 1.67 bits per heavy atom. The monoisotopic (exact) mass is 250 g/mol. The molecule has 1 aliphatic carbocycles. The minimum Gasteiger partial charge on any atom is -0.462 e. The second-order valence-electron chi connectivity index (χ2n) is 3.85. The Morgan fingerprint density at radius 3 is 2.22 bits per heavy atom. The third kappa shape index (κ3) is 3.58. The van der Waals surface area contributed by atoms with Gasteiger partial charge in [-0.25, -0.2) is 9.59 Å². The minimum absolute atomic E-state index is 0.0626. The highest BCUT2D eigenvalue weighted by atomic mass is 16.5. The van der Waals surface area contributed by atoms with Crippen LogP contribution < -0.4 is 0 Å². The van der Waals surface area contributed by atoms with Gasteiger partial charge in [-0.05, 0) is 25.8 Å². The van der Waals surface area contributed by atoms with E-state index in [0.29, 0.717) is 0 Å². The van der Waals surface area contributed by atoms with Crippen LogP contribution in [0.15, 0.2) is 35.5 Å². The normalized spacial score (nSPS) is 18.5. The van der Waals surface area contributed by atoms with E-state index in [2.05, 4.69) is 0 Å². The number of allylic oxidation sites excluding steroid dienone is 4. The molecule has 1 aliphatic rings. The fourth-order valence-electron chi connectivity index (χ4n) is 1.60. The molecule has 0 radical (unpaired) electrons. The second-order valence-corrected chi connectivity index (χ2v) is 3.85. The molecular weight excluding hydrogens is 232 g/mol. The van der Waals surface area contributed by atoms with Gasteiger partial charge in [-0.2, -0.15) is 0 Å². The molecule has 18 heavy (non-hydrogen) atoms. The van der Waals surface area contributed by atoms with E-state index in [1.165, 1.54) is 0 Å². The van der Waals surface area contributed by atoms with E-state index in [4.69, 9.17) is 9.47 Å². The van der Waals surface area contributed by atoms with Crippen molar-refractivity contribution >= 4 is 11.9 Å². The summed E-state index contributed by atoms with van der Waals surface area (Å²) >= 11 is 0. The van der Waals surface area contributed by atoms with E-state index in [1.807, 2.05) is 13.0 Å². The summed E-state index contributed by atoms with van der Waals surface area (Å²) < 4.78 is 9.90. The molecule has 0 aromatic carbocycles. The molecule has 0 heterocycles. The molecule has 0 bridgehead atoms. The Balaban J connectivity index is 3.06. The largest absolute Gasteiger partial charge is 0.462 e. The third-order valence-corrected chi connectivity index (χ3v) is 2.39. The maximum absolute atomic E-state index is 11.8. The smallest absolute Gasteiger partial charge is 0.338 e. The molecule has 4 heteroatoms. The highest BCUT2D eigenvalue weighted by Crippen LogP contribution is 2.20. The van der Waals surface area contributed by atoms with Crippen molar-refractivity contribution in [1.82, 2.24) is 0 Å². The molecular formula is C14H18O4. The Hall–Kier alpha value is -1.84. The Labute approximate surface area is 107 Å². The summed E-state index contributed by atoms with van der Waals surface area (Å²) in [5.41, 5.74) is 0.517. The lowest BCUT2D eigenvalue weighted by atomic mass is 10.0. The predicted molar refractivity (Wildman–Crippen MR) is 67.7 cm³/mol. The highest BCUT2D eigenvalue weighted by molar-refractivity contribution is 6.07. The molecule has 0 aromatic rings. The standard InChI is InChI=1S/C14H18O4/c1-4-17-13(15)11-8-6-7-10(3)9-12(11)14(16)18-5-2/h6-10H,4-5H2,1-3H3. The zero-order valence-corrected chi connectivity index (χ0v) is 10.9. The summed E-state index contributed by atoms with van der Waals surface area (Å²) in [4.78, 5) is 23.7. The molecule has 1 atom stereocenters. The van der Waals surface area contributed by atoms with Gasteiger partial charge in [-0.15, -0.1) is 0 Å². The van der Waals surface area contributed by atoms with Crippen molar-refractivity contribution in [2.45, 2.75) is 20.8 Å². The predicted octanol–water partition coefficient (Wildman–Crippen LogP) is 2.17. The Morgan fingerprint density at radius 1 is 1.11 bits per heavy atom. The molecule has 0 spiro atoms. The van der Waals surface area contributed by atoms with Crippen LogP contribution >= 0.6 is 0 Å². The van der Waals surface area contributed by atoms with Crippen LogP contribution in [0.3, 0.4) is 0 Å². The number of esters is 2. The van der Waals surface area contributed by atoms with Crippen LogP contribution in [0, 0.1) is 5.92 Å². The molecule has 0 aromatic heterocycles. The van der Waals surface area contributed by atoms with Crippen LogP contribution in [0.25, 0.3) is 0 Å². The second kappa shape index (κ2) is 6.79. The molecule has 0 N–H and O–H groups in total. The van der Waals surface area contributed by atoms with Crippen molar-refractivity contribution in [2.75, 3.05) is 13.2 Å². The van der Waals surface area contributed by atoms with E-state index < -0.39 is 11.9 Å². The van der Waals surface area contributed by atoms with E-state index in [-0.39, 0.29) is 30.3 Å². The zero-order chi connectivity index (χ0) is 13.5. The van der Waals surface area contributed by atoms with Crippen molar-refractivity contribution in [3.8, 4) is 0 Å².